The summed E-state index contributed by atoms with van der Waals surface area (Å²) in [6.07, 6.45) is 3.70. The normalized spacial score (nSPS) is 11.1. The molecule has 0 amide bonds. The number of rotatable bonds is 6. The number of nitrogens with zero attached hydrogens (tertiary/aromatic N) is 2. The molecule has 0 radical (unpaired) electrons. The van der Waals surface area contributed by atoms with Gasteiger partial charge in [-0.2, -0.15) is 0 Å². The topological polar surface area (TPSA) is 53.1 Å². The minimum Gasteiger partial charge on any atom is -0.379 e. The number of hydrogen-bond acceptors (Lipinski definition) is 3. The second-order valence-corrected chi connectivity index (χ2v) is 3.71. The van der Waals surface area contributed by atoms with E-state index >= 15 is 0 Å². The number of hydrogen-bond donors (Lipinski definition) is 1. The maximum Gasteiger partial charge on any atom is 0.122 e. The molecule has 80 valence electrons. The highest BCUT2D eigenvalue weighted by Gasteiger charge is 1.99. The molecule has 0 aliphatic heterocycles. The lowest BCUT2D eigenvalue weighted by molar-refractivity contribution is 0.102. The summed E-state index contributed by atoms with van der Waals surface area (Å²) < 4.78 is 7.51. The van der Waals surface area contributed by atoms with Gasteiger partial charge in [0.1, 0.15) is 5.82 Å². The fourth-order valence-corrected chi connectivity index (χ4v) is 1.22. The highest BCUT2D eigenvalue weighted by Crippen LogP contribution is 1.97. The number of ether oxygens (including phenoxy) is 1. The van der Waals surface area contributed by atoms with E-state index in [0.29, 0.717) is 12.5 Å². The Labute approximate surface area is 85.1 Å². The highest BCUT2D eigenvalue weighted by molar-refractivity contribution is 4.90. The van der Waals surface area contributed by atoms with Gasteiger partial charge in [-0.05, 0) is 5.92 Å². The molecule has 0 saturated heterocycles. The maximum atomic E-state index is 5.52. The van der Waals surface area contributed by atoms with Gasteiger partial charge in [-0.3, -0.25) is 0 Å². The monoisotopic (exact) mass is 197 g/mol. The van der Waals surface area contributed by atoms with E-state index in [9.17, 15) is 0 Å². The first-order chi connectivity index (χ1) is 6.74. The summed E-state index contributed by atoms with van der Waals surface area (Å²) in [7, 11) is 0. The summed E-state index contributed by atoms with van der Waals surface area (Å²) in [4.78, 5) is 4.13. The third kappa shape index (κ3) is 3.47. The molecule has 0 atom stereocenters. The second-order valence-electron chi connectivity index (χ2n) is 3.71. The Kier molecular flexibility index (Phi) is 4.62. The fourth-order valence-electron chi connectivity index (χ4n) is 1.22. The zero-order valence-corrected chi connectivity index (χ0v) is 8.94. The van der Waals surface area contributed by atoms with Crippen LogP contribution in [0.25, 0.3) is 0 Å². The average Bonchev–Trinajstić information content (AvgIpc) is 2.59. The van der Waals surface area contributed by atoms with Gasteiger partial charge in [-0.15, -0.1) is 0 Å². The number of nitrogens with two attached hydrogens (primary N) is 1. The Morgan fingerprint density at radius 3 is 3.00 bits per heavy atom. The summed E-state index contributed by atoms with van der Waals surface area (Å²) >= 11 is 0. The van der Waals surface area contributed by atoms with Gasteiger partial charge in [0.2, 0.25) is 0 Å². The molecule has 0 unspecified atom stereocenters. The zero-order valence-electron chi connectivity index (χ0n) is 8.94. The summed E-state index contributed by atoms with van der Waals surface area (Å²) in [5.74, 6) is 1.50. The predicted octanol–water partition coefficient (Wildman–Crippen LogP) is 1.01. The van der Waals surface area contributed by atoms with Crippen molar-refractivity contribution in [3.63, 3.8) is 0 Å². The van der Waals surface area contributed by atoms with Gasteiger partial charge in [0, 0.05) is 25.5 Å². The molecule has 0 bridgehead atoms. The second kappa shape index (κ2) is 5.78. The van der Waals surface area contributed by atoms with Gasteiger partial charge in [0.15, 0.2) is 0 Å². The van der Waals surface area contributed by atoms with Crippen molar-refractivity contribution in [2.75, 3.05) is 13.2 Å². The molecule has 2 N–H and O–H groups in total. The third-order valence-corrected chi connectivity index (χ3v) is 1.91. The number of aromatic nitrogens is 2. The number of imidazole rings is 1. The lowest BCUT2D eigenvalue weighted by Gasteiger charge is -2.08. The smallest absolute Gasteiger partial charge is 0.122 e. The van der Waals surface area contributed by atoms with Crippen molar-refractivity contribution in [2.45, 2.75) is 26.9 Å². The Bertz CT molecular complexity index is 258. The van der Waals surface area contributed by atoms with Crippen LogP contribution in [0.1, 0.15) is 19.7 Å². The summed E-state index contributed by atoms with van der Waals surface area (Å²) in [6.45, 7) is 7.13. The van der Waals surface area contributed by atoms with Crippen LogP contribution in [0.2, 0.25) is 0 Å². The van der Waals surface area contributed by atoms with E-state index in [2.05, 4.69) is 18.8 Å². The predicted molar refractivity (Wildman–Crippen MR) is 55.8 cm³/mol. The fraction of sp³-hybridized carbons (Fsp3) is 0.700. The van der Waals surface area contributed by atoms with Crippen LogP contribution >= 0.6 is 0 Å². The quantitative estimate of drug-likeness (QED) is 0.693. The van der Waals surface area contributed by atoms with Crippen LogP contribution in [-0.4, -0.2) is 22.8 Å². The minimum absolute atomic E-state index is 0.483. The summed E-state index contributed by atoms with van der Waals surface area (Å²) in [5.41, 5.74) is 5.52. The van der Waals surface area contributed by atoms with E-state index in [1.165, 1.54) is 0 Å². The van der Waals surface area contributed by atoms with Crippen molar-refractivity contribution < 1.29 is 4.74 Å². The van der Waals surface area contributed by atoms with Crippen LogP contribution in [0.15, 0.2) is 12.4 Å². The molecule has 0 aliphatic carbocycles. The van der Waals surface area contributed by atoms with Crippen LogP contribution in [0, 0.1) is 5.92 Å². The summed E-state index contributed by atoms with van der Waals surface area (Å²) in [5, 5.41) is 0. The molecular weight excluding hydrogens is 178 g/mol. The molecule has 4 nitrogen and oxygen atoms in total. The van der Waals surface area contributed by atoms with E-state index in [4.69, 9.17) is 10.5 Å². The molecule has 1 aromatic heterocycles. The molecule has 0 aromatic carbocycles. The first kappa shape index (κ1) is 11.2. The molecule has 0 aliphatic rings. The Hall–Kier alpha value is -0.870. The molecule has 14 heavy (non-hydrogen) atoms. The molecule has 1 aromatic rings. The van der Waals surface area contributed by atoms with Gasteiger partial charge < -0.3 is 15.0 Å². The van der Waals surface area contributed by atoms with E-state index in [-0.39, 0.29) is 0 Å². The van der Waals surface area contributed by atoms with E-state index in [1.54, 1.807) is 6.20 Å². The lowest BCUT2D eigenvalue weighted by atomic mass is 10.2. The van der Waals surface area contributed by atoms with Crippen molar-refractivity contribution >= 4 is 0 Å². The molecule has 0 fully saturated rings. The molecule has 4 heteroatoms. The minimum atomic E-state index is 0.483. The van der Waals surface area contributed by atoms with Crippen molar-refractivity contribution in [2.24, 2.45) is 11.7 Å². The molecule has 1 heterocycles. The molecule has 0 spiro atoms. The van der Waals surface area contributed by atoms with Gasteiger partial charge in [0.05, 0.1) is 13.2 Å². The summed E-state index contributed by atoms with van der Waals surface area (Å²) in [6, 6.07) is 0. The first-order valence-corrected chi connectivity index (χ1v) is 5.02. The van der Waals surface area contributed by atoms with E-state index in [0.717, 1.165) is 25.6 Å². The van der Waals surface area contributed by atoms with Gasteiger partial charge in [-0.25, -0.2) is 4.98 Å². The maximum absolute atomic E-state index is 5.52. The van der Waals surface area contributed by atoms with Crippen LogP contribution in [0.5, 0.6) is 0 Å². The Balaban J connectivity index is 2.24. The van der Waals surface area contributed by atoms with Gasteiger partial charge in [-0.1, -0.05) is 13.8 Å². The Morgan fingerprint density at radius 2 is 2.36 bits per heavy atom. The molecular formula is C10H19N3O. The van der Waals surface area contributed by atoms with Gasteiger partial charge in [0.25, 0.3) is 0 Å². The van der Waals surface area contributed by atoms with Crippen molar-refractivity contribution in [3.8, 4) is 0 Å². The zero-order chi connectivity index (χ0) is 10.4. The van der Waals surface area contributed by atoms with Crippen molar-refractivity contribution in [1.82, 2.24) is 9.55 Å². The largest absolute Gasteiger partial charge is 0.379 e. The van der Waals surface area contributed by atoms with Crippen LogP contribution < -0.4 is 5.73 Å². The Morgan fingerprint density at radius 1 is 1.57 bits per heavy atom. The standard InChI is InChI=1S/C10H19N3O/c1-9(2)8-14-6-5-13-4-3-12-10(13)7-11/h3-4,9H,5-8,11H2,1-2H3. The highest BCUT2D eigenvalue weighted by atomic mass is 16.5. The molecule has 0 saturated carbocycles. The van der Waals surface area contributed by atoms with Crippen molar-refractivity contribution in [1.29, 1.82) is 0 Å². The van der Waals surface area contributed by atoms with E-state index in [1.807, 2.05) is 10.8 Å². The van der Waals surface area contributed by atoms with Crippen molar-refractivity contribution in [3.05, 3.63) is 18.2 Å². The third-order valence-electron chi connectivity index (χ3n) is 1.91. The van der Waals surface area contributed by atoms with Crippen LogP contribution in [-0.2, 0) is 17.8 Å². The van der Waals surface area contributed by atoms with E-state index < -0.39 is 0 Å². The average molecular weight is 197 g/mol. The molecule has 1 rings (SSSR count). The van der Waals surface area contributed by atoms with Gasteiger partial charge >= 0.3 is 0 Å². The first-order valence-electron chi connectivity index (χ1n) is 5.02. The lowest BCUT2D eigenvalue weighted by Crippen LogP contribution is -2.13. The SMILES string of the molecule is CC(C)COCCn1ccnc1CN. The van der Waals surface area contributed by atoms with Crippen LogP contribution in [0.3, 0.4) is 0 Å². The van der Waals surface area contributed by atoms with Crippen LogP contribution in [0.4, 0.5) is 0 Å².